The Morgan fingerprint density at radius 2 is 1.78 bits per heavy atom. The lowest BCUT2D eigenvalue weighted by atomic mass is 10.1. The first-order valence-corrected chi connectivity index (χ1v) is 8.60. The zero-order chi connectivity index (χ0) is 17.2. The van der Waals surface area contributed by atoms with Gasteiger partial charge in [-0.15, -0.1) is 0 Å². The molecular formula is C19H30N2O2. The molecule has 0 aromatic heterocycles. The van der Waals surface area contributed by atoms with Crippen LogP contribution in [0.2, 0.25) is 0 Å². The van der Waals surface area contributed by atoms with Crippen molar-refractivity contribution < 1.29 is 9.59 Å². The van der Waals surface area contributed by atoms with Crippen molar-refractivity contribution in [1.82, 2.24) is 10.2 Å². The maximum Gasteiger partial charge on any atom is 0.242 e. The van der Waals surface area contributed by atoms with Crippen molar-refractivity contribution in [3.8, 4) is 0 Å². The number of nitrogens with one attached hydrogen (secondary N) is 1. The second-order valence-corrected chi connectivity index (χ2v) is 6.24. The molecule has 1 atom stereocenters. The van der Waals surface area contributed by atoms with Crippen LogP contribution in [0, 0.1) is 5.92 Å². The number of amides is 2. The molecule has 0 saturated heterocycles. The molecule has 0 radical (unpaired) electrons. The Labute approximate surface area is 140 Å². The summed E-state index contributed by atoms with van der Waals surface area (Å²) >= 11 is 0. The molecule has 0 aliphatic rings. The smallest absolute Gasteiger partial charge is 0.242 e. The number of rotatable bonds is 9. The lowest BCUT2D eigenvalue weighted by Gasteiger charge is -2.30. The molecule has 0 aliphatic carbocycles. The molecule has 23 heavy (non-hydrogen) atoms. The Morgan fingerprint density at radius 3 is 2.30 bits per heavy atom. The third-order valence-corrected chi connectivity index (χ3v) is 3.86. The lowest BCUT2D eigenvalue weighted by molar-refractivity contribution is -0.140. The SMILES string of the molecule is CCC(=O)N(CCc1ccccc1)[C@H](CC)C(=O)NCC(C)C. The predicted octanol–water partition coefficient (Wildman–Crippen LogP) is 3.02. The van der Waals surface area contributed by atoms with Gasteiger partial charge < -0.3 is 10.2 Å². The molecule has 0 unspecified atom stereocenters. The second kappa shape index (κ2) is 10.0. The highest BCUT2D eigenvalue weighted by Crippen LogP contribution is 2.10. The Kier molecular flexibility index (Phi) is 8.38. The van der Waals surface area contributed by atoms with E-state index in [2.05, 4.69) is 19.2 Å². The van der Waals surface area contributed by atoms with Crippen LogP contribution in [0.25, 0.3) is 0 Å². The first-order valence-electron chi connectivity index (χ1n) is 8.60. The van der Waals surface area contributed by atoms with E-state index in [1.54, 1.807) is 4.90 Å². The number of nitrogens with zero attached hydrogens (tertiary/aromatic N) is 1. The van der Waals surface area contributed by atoms with Crippen molar-refractivity contribution in [3.05, 3.63) is 35.9 Å². The number of hydrogen-bond donors (Lipinski definition) is 1. The zero-order valence-electron chi connectivity index (χ0n) is 14.8. The summed E-state index contributed by atoms with van der Waals surface area (Å²) in [6.07, 6.45) is 1.81. The summed E-state index contributed by atoms with van der Waals surface area (Å²) in [6, 6.07) is 9.68. The standard InChI is InChI=1S/C19H30N2O2/c1-5-17(19(23)20-14-15(3)4)21(18(22)6-2)13-12-16-10-8-7-9-11-16/h7-11,15,17H,5-6,12-14H2,1-4H3,(H,20,23)/t17-/m1/s1. The largest absolute Gasteiger partial charge is 0.354 e. The number of hydrogen-bond acceptors (Lipinski definition) is 2. The number of carbonyl (C=O) groups is 2. The average molecular weight is 318 g/mol. The molecule has 0 spiro atoms. The quantitative estimate of drug-likeness (QED) is 0.761. The first-order chi connectivity index (χ1) is 11.0. The van der Waals surface area contributed by atoms with Crippen molar-refractivity contribution >= 4 is 11.8 Å². The van der Waals surface area contributed by atoms with Crippen LogP contribution in [0.3, 0.4) is 0 Å². The third-order valence-electron chi connectivity index (χ3n) is 3.86. The van der Waals surface area contributed by atoms with Gasteiger partial charge in [0, 0.05) is 19.5 Å². The molecule has 1 aromatic carbocycles. The summed E-state index contributed by atoms with van der Waals surface area (Å²) in [5.41, 5.74) is 1.18. The summed E-state index contributed by atoms with van der Waals surface area (Å²) in [7, 11) is 0. The maximum atomic E-state index is 12.4. The fraction of sp³-hybridized carbons (Fsp3) is 0.579. The van der Waals surface area contributed by atoms with E-state index in [-0.39, 0.29) is 17.9 Å². The van der Waals surface area contributed by atoms with Crippen molar-refractivity contribution in [1.29, 1.82) is 0 Å². The Balaban J connectivity index is 2.77. The van der Waals surface area contributed by atoms with Crippen LogP contribution in [0.5, 0.6) is 0 Å². The summed E-state index contributed by atoms with van der Waals surface area (Å²) in [6.45, 7) is 9.14. The van der Waals surface area contributed by atoms with E-state index in [1.165, 1.54) is 5.56 Å². The van der Waals surface area contributed by atoms with Crippen LogP contribution in [0.4, 0.5) is 0 Å². The van der Waals surface area contributed by atoms with Crippen molar-refractivity contribution in [2.24, 2.45) is 5.92 Å². The van der Waals surface area contributed by atoms with Gasteiger partial charge in [0.1, 0.15) is 6.04 Å². The summed E-state index contributed by atoms with van der Waals surface area (Å²) in [4.78, 5) is 26.5. The summed E-state index contributed by atoms with van der Waals surface area (Å²) in [5.74, 6) is 0.389. The number of carbonyl (C=O) groups excluding carboxylic acids is 2. The normalized spacial score (nSPS) is 12.0. The fourth-order valence-electron chi connectivity index (χ4n) is 2.52. The van der Waals surface area contributed by atoms with E-state index in [0.717, 1.165) is 6.42 Å². The highest BCUT2D eigenvalue weighted by Gasteiger charge is 2.27. The van der Waals surface area contributed by atoms with Gasteiger partial charge in [0.05, 0.1) is 0 Å². The molecular weight excluding hydrogens is 288 g/mol. The minimum atomic E-state index is -0.384. The van der Waals surface area contributed by atoms with Gasteiger partial charge in [-0.3, -0.25) is 9.59 Å². The van der Waals surface area contributed by atoms with E-state index in [0.29, 0.717) is 31.8 Å². The second-order valence-electron chi connectivity index (χ2n) is 6.24. The molecule has 1 aromatic rings. The molecule has 0 heterocycles. The minimum Gasteiger partial charge on any atom is -0.354 e. The van der Waals surface area contributed by atoms with E-state index in [4.69, 9.17) is 0 Å². The van der Waals surface area contributed by atoms with Gasteiger partial charge in [-0.1, -0.05) is 58.0 Å². The topological polar surface area (TPSA) is 49.4 Å². The Bertz CT molecular complexity index is 485. The van der Waals surface area contributed by atoms with E-state index in [9.17, 15) is 9.59 Å². The highest BCUT2D eigenvalue weighted by atomic mass is 16.2. The van der Waals surface area contributed by atoms with E-state index < -0.39 is 0 Å². The van der Waals surface area contributed by atoms with Gasteiger partial charge in [0.25, 0.3) is 0 Å². The van der Waals surface area contributed by atoms with Crippen molar-refractivity contribution in [2.75, 3.05) is 13.1 Å². The monoisotopic (exact) mass is 318 g/mol. The Morgan fingerprint density at radius 1 is 1.13 bits per heavy atom. The number of benzene rings is 1. The molecule has 128 valence electrons. The van der Waals surface area contributed by atoms with Gasteiger partial charge >= 0.3 is 0 Å². The molecule has 4 heteroatoms. The van der Waals surface area contributed by atoms with E-state index in [1.807, 2.05) is 44.2 Å². The summed E-state index contributed by atoms with van der Waals surface area (Å²) < 4.78 is 0. The van der Waals surface area contributed by atoms with Gasteiger partial charge in [-0.05, 0) is 24.3 Å². The molecule has 2 amide bonds. The van der Waals surface area contributed by atoms with Crippen LogP contribution < -0.4 is 5.32 Å². The van der Waals surface area contributed by atoms with Gasteiger partial charge in [0.15, 0.2) is 0 Å². The molecule has 4 nitrogen and oxygen atoms in total. The van der Waals surface area contributed by atoms with Crippen LogP contribution >= 0.6 is 0 Å². The van der Waals surface area contributed by atoms with Gasteiger partial charge in [-0.25, -0.2) is 0 Å². The summed E-state index contributed by atoms with van der Waals surface area (Å²) in [5, 5.41) is 2.96. The van der Waals surface area contributed by atoms with Crippen LogP contribution in [0.1, 0.15) is 46.1 Å². The minimum absolute atomic E-state index is 0.0347. The van der Waals surface area contributed by atoms with E-state index >= 15 is 0 Å². The molecule has 0 aliphatic heterocycles. The lowest BCUT2D eigenvalue weighted by Crippen LogP contribution is -2.50. The van der Waals surface area contributed by atoms with Gasteiger partial charge in [0.2, 0.25) is 11.8 Å². The molecule has 0 saturated carbocycles. The third kappa shape index (κ3) is 6.43. The fourth-order valence-corrected chi connectivity index (χ4v) is 2.52. The average Bonchev–Trinajstić information content (AvgIpc) is 2.56. The first kappa shape index (κ1) is 19.2. The van der Waals surface area contributed by atoms with Crippen LogP contribution in [-0.4, -0.2) is 35.8 Å². The predicted molar refractivity (Wildman–Crippen MR) is 94.1 cm³/mol. The molecule has 1 N–H and O–H groups in total. The molecule has 0 bridgehead atoms. The highest BCUT2D eigenvalue weighted by molar-refractivity contribution is 5.87. The Hall–Kier alpha value is -1.84. The van der Waals surface area contributed by atoms with Crippen LogP contribution in [0.15, 0.2) is 30.3 Å². The van der Waals surface area contributed by atoms with Gasteiger partial charge in [-0.2, -0.15) is 0 Å². The molecule has 0 fully saturated rings. The maximum absolute atomic E-state index is 12.4. The molecule has 1 rings (SSSR count). The van der Waals surface area contributed by atoms with Crippen molar-refractivity contribution in [3.63, 3.8) is 0 Å². The van der Waals surface area contributed by atoms with Crippen molar-refractivity contribution in [2.45, 2.75) is 53.0 Å². The zero-order valence-corrected chi connectivity index (χ0v) is 14.8. The van der Waals surface area contributed by atoms with Crippen LogP contribution in [-0.2, 0) is 16.0 Å².